The lowest BCUT2D eigenvalue weighted by Gasteiger charge is -2.27. The first-order valence-electron chi connectivity index (χ1n) is 28.6. The number of esters is 1. The Morgan fingerprint density at radius 3 is 1.60 bits per heavy atom. The summed E-state index contributed by atoms with van der Waals surface area (Å²) >= 11 is 0. The van der Waals surface area contributed by atoms with E-state index < -0.39 is 5.60 Å². The maximum Gasteiger partial charge on any atom is 0.306 e. The molecule has 10 heteroatoms. The number of anilines is 1. The van der Waals surface area contributed by atoms with Crippen molar-refractivity contribution in [2.24, 2.45) is 0 Å². The minimum Gasteiger partial charge on any atom is -0.458 e. The molecule has 0 bridgehead atoms. The maximum absolute atomic E-state index is 13.3. The number of nitrogens with two attached hydrogens (primary N) is 1. The molecular weight excluding hydrogens is 843 g/mol. The highest BCUT2D eigenvalue weighted by molar-refractivity contribution is 6.06. The Morgan fingerprint density at radius 1 is 0.603 bits per heavy atom. The number of rotatable bonds is 45. The van der Waals surface area contributed by atoms with Gasteiger partial charge in [0.2, 0.25) is 0 Å². The lowest BCUT2D eigenvalue weighted by atomic mass is 10.1. The molecule has 0 fully saturated rings. The summed E-state index contributed by atoms with van der Waals surface area (Å²) in [5, 5.41) is 0.970. The lowest BCUT2D eigenvalue weighted by molar-refractivity contribution is -0.157. The van der Waals surface area contributed by atoms with Crippen LogP contribution in [0.3, 0.4) is 0 Å². The quantitative estimate of drug-likeness (QED) is 0.0438. The minimum atomic E-state index is -0.759. The topological polar surface area (TPSA) is 102 Å². The molecule has 0 aliphatic heterocycles. The van der Waals surface area contributed by atoms with Crippen LogP contribution in [-0.4, -0.2) is 107 Å². The smallest absolute Gasteiger partial charge is 0.306 e. The number of ether oxygens (including phenoxy) is 2. The summed E-state index contributed by atoms with van der Waals surface area (Å²) in [5.41, 5.74) is 8.03. The van der Waals surface area contributed by atoms with Crippen molar-refractivity contribution < 1.29 is 14.3 Å². The summed E-state index contributed by atoms with van der Waals surface area (Å²) in [6.45, 7) is 23.7. The molecule has 10 nitrogen and oxygen atoms in total. The number of nitrogens with zero attached hydrogens (tertiary/aromatic N) is 6. The molecule has 1 aromatic carbocycles. The average molecular weight is 949 g/mol. The number of carbonyl (C=O) groups excluding carboxylic acids is 1. The summed E-state index contributed by atoms with van der Waals surface area (Å²) in [4.78, 5) is 30.8. The molecule has 3 rings (SSSR count). The first kappa shape index (κ1) is 59.5. The second kappa shape index (κ2) is 37.1. The summed E-state index contributed by atoms with van der Waals surface area (Å²) in [5.74, 6) is 1.00. The molecule has 390 valence electrons. The van der Waals surface area contributed by atoms with E-state index in [1.165, 1.54) is 187 Å². The van der Waals surface area contributed by atoms with Crippen molar-refractivity contribution in [2.75, 3.05) is 71.7 Å². The highest BCUT2D eigenvalue weighted by Gasteiger charge is 2.28. The SMILES string of the molecule is CCCCCCCCCCCCCN(CC)CCCN(C)CCCN(CCCCCCCCCCCCC)CCCCCC(=O)OC(C)(C)Cn1c(COCC)nc2c(N)nc3ccccc3c21. The van der Waals surface area contributed by atoms with Crippen LogP contribution < -0.4 is 5.73 Å². The van der Waals surface area contributed by atoms with E-state index in [2.05, 4.69) is 52.1 Å². The Kier molecular flexibility index (Phi) is 32.4. The first-order chi connectivity index (χ1) is 33.1. The van der Waals surface area contributed by atoms with Gasteiger partial charge in [0.15, 0.2) is 5.82 Å². The van der Waals surface area contributed by atoms with E-state index in [0.717, 1.165) is 61.1 Å². The third-order valence-electron chi connectivity index (χ3n) is 14.0. The van der Waals surface area contributed by atoms with E-state index in [-0.39, 0.29) is 5.97 Å². The van der Waals surface area contributed by atoms with Crippen LogP contribution in [0.5, 0.6) is 0 Å². The van der Waals surface area contributed by atoms with Crippen molar-refractivity contribution in [3.8, 4) is 0 Å². The van der Waals surface area contributed by atoms with Crippen LogP contribution in [0, 0.1) is 0 Å². The van der Waals surface area contributed by atoms with Crippen LogP contribution in [0.4, 0.5) is 5.82 Å². The van der Waals surface area contributed by atoms with Crippen molar-refractivity contribution >= 4 is 33.7 Å². The zero-order chi connectivity index (χ0) is 49.1. The van der Waals surface area contributed by atoms with Crippen molar-refractivity contribution in [3.05, 3.63) is 30.1 Å². The van der Waals surface area contributed by atoms with Crippen molar-refractivity contribution in [1.29, 1.82) is 0 Å². The Bertz CT molecular complexity index is 1710. The fourth-order valence-corrected chi connectivity index (χ4v) is 9.94. The van der Waals surface area contributed by atoms with Gasteiger partial charge in [0.1, 0.15) is 23.5 Å². The number of nitrogen functional groups attached to an aromatic ring is 1. The average Bonchev–Trinajstić information content (AvgIpc) is 3.68. The first-order valence-corrected chi connectivity index (χ1v) is 28.6. The second-order valence-electron chi connectivity index (χ2n) is 20.9. The summed E-state index contributed by atoms with van der Waals surface area (Å²) in [7, 11) is 2.32. The highest BCUT2D eigenvalue weighted by Crippen LogP contribution is 2.31. The van der Waals surface area contributed by atoms with Gasteiger partial charge in [0.25, 0.3) is 0 Å². The predicted octanol–water partition coefficient (Wildman–Crippen LogP) is 14.5. The van der Waals surface area contributed by atoms with E-state index in [0.29, 0.717) is 37.5 Å². The van der Waals surface area contributed by atoms with Crippen molar-refractivity contribution in [3.63, 3.8) is 0 Å². The molecule has 2 aromatic heterocycles. The van der Waals surface area contributed by atoms with Gasteiger partial charge in [-0.2, -0.15) is 0 Å². The molecule has 0 aliphatic rings. The molecule has 2 N–H and O–H groups in total. The standard InChI is InChI=1S/C58H105N7O3/c1-8-12-14-16-18-20-22-24-26-28-34-44-63(10-3)47-37-42-62(7)43-38-48-64(45-35-29-27-25-23-21-19-17-15-13-9-2)46-36-30-31-41-54(66)68-58(5,6)50-65-53(49-67-11-4)61-55-56(65)51-39-32-33-40-52(51)60-57(55)59/h32-33,39-40H,8-31,34-38,41-50H2,1-7H3,(H2,59,60). The van der Waals surface area contributed by atoms with Gasteiger partial charge in [0, 0.05) is 18.4 Å². The molecule has 0 radical (unpaired) electrons. The Morgan fingerprint density at radius 2 is 1.07 bits per heavy atom. The monoisotopic (exact) mass is 948 g/mol. The fraction of sp³-hybridized carbons (Fsp3) is 0.810. The minimum absolute atomic E-state index is 0.145. The largest absolute Gasteiger partial charge is 0.458 e. The Balaban J connectivity index is 1.40. The molecule has 0 saturated carbocycles. The maximum atomic E-state index is 13.3. The number of carbonyl (C=O) groups is 1. The molecule has 68 heavy (non-hydrogen) atoms. The van der Waals surface area contributed by atoms with Crippen LogP contribution in [0.25, 0.3) is 21.9 Å². The molecule has 0 aliphatic carbocycles. The van der Waals surface area contributed by atoms with Crippen LogP contribution in [-0.2, 0) is 27.4 Å². The Labute approximate surface area is 417 Å². The number of pyridine rings is 1. The molecular formula is C58H105N7O3. The summed E-state index contributed by atoms with van der Waals surface area (Å²) in [6.07, 6.45) is 36.6. The van der Waals surface area contributed by atoms with E-state index >= 15 is 0 Å². The van der Waals surface area contributed by atoms with Crippen LogP contribution in [0.15, 0.2) is 24.3 Å². The van der Waals surface area contributed by atoms with Gasteiger partial charge >= 0.3 is 5.97 Å². The van der Waals surface area contributed by atoms with Gasteiger partial charge in [-0.15, -0.1) is 0 Å². The number of fused-ring (bicyclic) bond motifs is 3. The van der Waals surface area contributed by atoms with Gasteiger partial charge in [-0.1, -0.05) is 174 Å². The number of aromatic nitrogens is 3. The van der Waals surface area contributed by atoms with E-state index in [4.69, 9.17) is 20.2 Å². The lowest BCUT2D eigenvalue weighted by Crippen LogP contribution is -2.34. The second-order valence-corrected chi connectivity index (χ2v) is 20.9. The third-order valence-corrected chi connectivity index (χ3v) is 14.0. The van der Waals surface area contributed by atoms with Gasteiger partial charge in [-0.25, -0.2) is 9.97 Å². The molecule has 0 spiro atoms. The normalized spacial score (nSPS) is 12.3. The van der Waals surface area contributed by atoms with Crippen LogP contribution >= 0.6 is 0 Å². The predicted molar refractivity (Wildman–Crippen MR) is 292 cm³/mol. The zero-order valence-corrected chi connectivity index (χ0v) is 45.4. The number of hydrogen-bond acceptors (Lipinski definition) is 9. The van der Waals surface area contributed by atoms with Crippen LogP contribution in [0.1, 0.15) is 227 Å². The molecule has 3 aromatic rings. The van der Waals surface area contributed by atoms with Gasteiger partial charge < -0.3 is 34.5 Å². The molecule has 0 amide bonds. The van der Waals surface area contributed by atoms with Gasteiger partial charge in [0.05, 0.1) is 17.6 Å². The van der Waals surface area contributed by atoms with Crippen molar-refractivity contribution in [2.45, 2.75) is 240 Å². The number of unbranched alkanes of at least 4 members (excludes halogenated alkanes) is 22. The zero-order valence-electron chi connectivity index (χ0n) is 45.4. The summed E-state index contributed by atoms with van der Waals surface area (Å²) in [6, 6.07) is 7.98. The Hall–Kier alpha value is -2.79. The molecule has 0 atom stereocenters. The number of imidazole rings is 1. The molecule has 2 heterocycles. The number of hydrogen-bond donors (Lipinski definition) is 1. The fourth-order valence-electron chi connectivity index (χ4n) is 9.94. The highest BCUT2D eigenvalue weighted by atomic mass is 16.6. The number of para-hydroxylation sites is 1. The van der Waals surface area contributed by atoms with Crippen LogP contribution in [0.2, 0.25) is 0 Å². The summed E-state index contributed by atoms with van der Waals surface area (Å²) < 4.78 is 14.1. The third kappa shape index (κ3) is 25.4. The number of benzene rings is 1. The van der Waals surface area contributed by atoms with Gasteiger partial charge in [-0.3, -0.25) is 4.79 Å². The van der Waals surface area contributed by atoms with Gasteiger partial charge in [-0.05, 0) is 125 Å². The molecule has 0 unspecified atom stereocenters. The van der Waals surface area contributed by atoms with E-state index in [9.17, 15) is 4.79 Å². The van der Waals surface area contributed by atoms with E-state index in [1.54, 1.807) is 0 Å². The molecule has 0 saturated heterocycles. The van der Waals surface area contributed by atoms with E-state index in [1.807, 2.05) is 45.0 Å². The van der Waals surface area contributed by atoms with Crippen molar-refractivity contribution in [1.82, 2.24) is 29.2 Å².